The molecule has 3 heteroatoms. The Hall–Kier alpha value is -1.64. The van der Waals surface area contributed by atoms with E-state index in [0.717, 1.165) is 12.0 Å². The van der Waals surface area contributed by atoms with E-state index in [1.54, 1.807) is 0 Å². The lowest BCUT2D eigenvalue weighted by Crippen LogP contribution is -2.03. The summed E-state index contributed by atoms with van der Waals surface area (Å²) in [6.45, 7) is 0. The van der Waals surface area contributed by atoms with Crippen molar-refractivity contribution < 1.29 is 10.0 Å². The van der Waals surface area contributed by atoms with Crippen molar-refractivity contribution in [1.29, 1.82) is 0 Å². The van der Waals surface area contributed by atoms with E-state index in [1.807, 2.05) is 30.3 Å². The molecule has 2 rings (SSSR count). The zero-order chi connectivity index (χ0) is 9.97. The van der Waals surface area contributed by atoms with Crippen LogP contribution in [-0.4, -0.2) is 17.2 Å². The number of nitrogens with zero attached hydrogens (tertiary/aromatic N) is 1. The number of hydrogen-bond donors (Lipinski definition) is 1. The van der Waals surface area contributed by atoms with Crippen LogP contribution >= 0.6 is 0 Å². The van der Waals surface area contributed by atoms with Gasteiger partial charge in [0.2, 0.25) is 0 Å². The molecular weight excluding hydrogens is 178 g/mol. The molecule has 0 amide bonds. The van der Waals surface area contributed by atoms with Gasteiger partial charge in [-0.05, 0) is 6.42 Å². The first kappa shape index (κ1) is 8.94. The van der Waals surface area contributed by atoms with Crippen LogP contribution in [0.1, 0.15) is 16.8 Å². The summed E-state index contributed by atoms with van der Waals surface area (Å²) in [5, 5.41) is 11.3. The van der Waals surface area contributed by atoms with Crippen LogP contribution in [0.2, 0.25) is 0 Å². The number of benzene rings is 1. The smallest absolute Gasteiger partial charge is 0.166 e. The zero-order valence-electron chi connectivity index (χ0n) is 7.63. The van der Waals surface area contributed by atoms with Gasteiger partial charge in [0.05, 0.1) is 0 Å². The Kier molecular flexibility index (Phi) is 2.31. The predicted octanol–water partition coefficient (Wildman–Crippen LogP) is 1.97. The van der Waals surface area contributed by atoms with Crippen LogP contribution in [0.25, 0.3) is 0 Å². The average Bonchev–Trinajstić information content (AvgIpc) is 2.98. The molecule has 0 aliphatic heterocycles. The third kappa shape index (κ3) is 1.66. The second-order valence-corrected chi connectivity index (χ2v) is 3.50. The van der Waals surface area contributed by atoms with Crippen LogP contribution in [0, 0.1) is 11.8 Å². The molecule has 0 aromatic heterocycles. The first-order valence-electron chi connectivity index (χ1n) is 4.59. The maximum Gasteiger partial charge on any atom is 0.166 e. The molecule has 0 bridgehead atoms. The van der Waals surface area contributed by atoms with Gasteiger partial charge in [0.25, 0.3) is 0 Å². The number of Topliss-reactive ketones (excluding diaryl/α,β-unsaturated/α-hetero) is 1. The van der Waals surface area contributed by atoms with Gasteiger partial charge in [-0.1, -0.05) is 30.3 Å². The third-order valence-electron chi connectivity index (χ3n) is 2.49. The fourth-order valence-corrected chi connectivity index (χ4v) is 1.58. The van der Waals surface area contributed by atoms with Crippen molar-refractivity contribution in [3.05, 3.63) is 35.9 Å². The third-order valence-corrected chi connectivity index (χ3v) is 2.49. The summed E-state index contributed by atoms with van der Waals surface area (Å²) in [6.07, 6.45) is 2.24. The van der Waals surface area contributed by atoms with Crippen molar-refractivity contribution in [3.8, 4) is 0 Å². The Morgan fingerprint density at radius 2 is 2.14 bits per heavy atom. The van der Waals surface area contributed by atoms with Crippen LogP contribution in [0.4, 0.5) is 0 Å². The Morgan fingerprint density at radius 3 is 2.79 bits per heavy atom. The van der Waals surface area contributed by atoms with E-state index in [-0.39, 0.29) is 17.6 Å². The SMILES string of the molecule is O=C(c1ccccc1)[C@H]1C[C@@H]1/C=N/O. The van der Waals surface area contributed by atoms with E-state index >= 15 is 0 Å². The van der Waals surface area contributed by atoms with Crippen LogP contribution in [-0.2, 0) is 0 Å². The maximum atomic E-state index is 11.7. The van der Waals surface area contributed by atoms with Crippen LogP contribution in [0.5, 0.6) is 0 Å². The molecule has 1 N–H and O–H groups in total. The number of carbonyl (C=O) groups is 1. The average molecular weight is 189 g/mol. The molecule has 72 valence electrons. The molecule has 1 fully saturated rings. The van der Waals surface area contributed by atoms with Crippen LogP contribution in [0.15, 0.2) is 35.5 Å². The van der Waals surface area contributed by atoms with Gasteiger partial charge in [0.1, 0.15) is 0 Å². The van der Waals surface area contributed by atoms with Crippen molar-refractivity contribution in [2.75, 3.05) is 0 Å². The lowest BCUT2D eigenvalue weighted by atomic mass is 10.1. The van der Waals surface area contributed by atoms with Crippen LogP contribution < -0.4 is 0 Å². The number of oxime groups is 1. The highest BCUT2D eigenvalue weighted by Crippen LogP contribution is 2.39. The predicted molar refractivity (Wildman–Crippen MR) is 52.6 cm³/mol. The van der Waals surface area contributed by atoms with E-state index in [1.165, 1.54) is 6.21 Å². The molecule has 1 saturated carbocycles. The van der Waals surface area contributed by atoms with Crippen molar-refractivity contribution in [1.82, 2.24) is 0 Å². The number of carbonyl (C=O) groups excluding carboxylic acids is 1. The highest BCUT2D eigenvalue weighted by molar-refractivity contribution is 6.01. The molecule has 1 aliphatic rings. The van der Waals surface area contributed by atoms with Crippen molar-refractivity contribution in [2.24, 2.45) is 17.0 Å². The molecule has 1 aromatic carbocycles. The van der Waals surface area contributed by atoms with Crippen molar-refractivity contribution in [2.45, 2.75) is 6.42 Å². The number of hydrogen-bond acceptors (Lipinski definition) is 3. The Balaban J connectivity index is 2.05. The van der Waals surface area contributed by atoms with E-state index < -0.39 is 0 Å². The topological polar surface area (TPSA) is 49.7 Å². The Morgan fingerprint density at radius 1 is 1.43 bits per heavy atom. The van der Waals surface area contributed by atoms with Gasteiger partial charge in [-0.3, -0.25) is 4.79 Å². The zero-order valence-corrected chi connectivity index (χ0v) is 7.63. The first-order chi connectivity index (χ1) is 6.83. The minimum absolute atomic E-state index is 0.0216. The molecule has 3 nitrogen and oxygen atoms in total. The molecule has 0 heterocycles. The second kappa shape index (κ2) is 3.62. The maximum absolute atomic E-state index is 11.7. The minimum Gasteiger partial charge on any atom is -0.411 e. The lowest BCUT2D eigenvalue weighted by Gasteiger charge is -1.96. The molecule has 14 heavy (non-hydrogen) atoms. The molecule has 0 unspecified atom stereocenters. The minimum atomic E-state index is 0.0216. The summed E-state index contributed by atoms with van der Waals surface area (Å²) >= 11 is 0. The Labute approximate surface area is 82.1 Å². The molecular formula is C11H11NO2. The summed E-state index contributed by atoms with van der Waals surface area (Å²) < 4.78 is 0. The van der Waals surface area contributed by atoms with Gasteiger partial charge >= 0.3 is 0 Å². The van der Waals surface area contributed by atoms with E-state index in [4.69, 9.17) is 5.21 Å². The van der Waals surface area contributed by atoms with Crippen molar-refractivity contribution >= 4 is 12.0 Å². The summed E-state index contributed by atoms with van der Waals surface area (Å²) in [5.41, 5.74) is 0.742. The van der Waals surface area contributed by atoms with E-state index in [9.17, 15) is 4.79 Å². The summed E-state index contributed by atoms with van der Waals surface area (Å²) in [5.74, 6) is 0.302. The van der Waals surface area contributed by atoms with Gasteiger partial charge in [-0.2, -0.15) is 0 Å². The molecule has 0 spiro atoms. The van der Waals surface area contributed by atoms with Crippen LogP contribution in [0.3, 0.4) is 0 Å². The summed E-state index contributed by atoms with van der Waals surface area (Å²) in [7, 11) is 0. The van der Waals surface area contributed by atoms with E-state index in [0.29, 0.717) is 0 Å². The highest BCUT2D eigenvalue weighted by atomic mass is 16.4. The number of ketones is 1. The van der Waals surface area contributed by atoms with Gasteiger partial charge < -0.3 is 5.21 Å². The van der Waals surface area contributed by atoms with Gasteiger partial charge in [0.15, 0.2) is 5.78 Å². The summed E-state index contributed by atoms with van der Waals surface area (Å²) in [4.78, 5) is 11.7. The van der Waals surface area contributed by atoms with Gasteiger partial charge in [0, 0.05) is 23.6 Å². The molecule has 1 aliphatic carbocycles. The molecule has 0 radical (unpaired) electrons. The normalized spacial score (nSPS) is 25.1. The van der Waals surface area contributed by atoms with E-state index in [2.05, 4.69) is 5.16 Å². The highest BCUT2D eigenvalue weighted by Gasteiger charge is 2.42. The fraction of sp³-hybridized carbons (Fsp3) is 0.273. The monoisotopic (exact) mass is 189 g/mol. The lowest BCUT2D eigenvalue weighted by molar-refractivity contribution is 0.0965. The Bertz CT molecular complexity index is 359. The quantitative estimate of drug-likeness (QED) is 0.342. The molecule has 2 atom stereocenters. The fourth-order valence-electron chi connectivity index (χ4n) is 1.58. The van der Waals surface area contributed by atoms with Crippen molar-refractivity contribution in [3.63, 3.8) is 0 Å². The molecule has 1 aromatic rings. The largest absolute Gasteiger partial charge is 0.411 e. The van der Waals surface area contributed by atoms with Gasteiger partial charge in [-0.25, -0.2) is 0 Å². The van der Waals surface area contributed by atoms with Gasteiger partial charge in [-0.15, -0.1) is 5.16 Å². The molecule has 0 saturated heterocycles. The summed E-state index contributed by atoms with van der Waals surface area (Å²) in [6, 6.07) is 9.22. The first-order valence-corrected chi connectivity index (χ1v) is 4.59. The second-order valence-electron chi connectivity index (χ2n) is 3.50. The standard InChI is InChI=1S/C11H11NO2/c13-11(8-4-2-1-3-5-8)10-6-9(10)7-12-14/h1-5,7,9-10,14H,6H2/b12-7+/t9-,10+/m1/s1. The number of rotatable bonds is 3.